The molecule has 5 N–H and O–H groups in total. The van der Waals surface area contributed by atoms with Gasteiger partial charge in [-0.25, -0.2) is 43.5 Å². The maximum Gasteiger partial charge on any atom is 1.00 e. The van der Waals surface area contributed by atoms with Gasteiger partial charge < -0.3 is 21.1 Å². The van der Waals surface area contributed by atoms with Gasteiger partial charge in [0.15, 0.2) is 46.5 Å². The predicted octanol–water partition coefficient (Wildman–Crippen LogP) is -1.43. The Hall–Kier alpha value is -4.76. The Morgan fingerprint density at radius 3 is 1.48 bits per heavy atom. The van der Waals surface area contributed by atoms with E-state index in [2.05, 4.69) is 11.4 Å². The third kappa shape index (κ3) is 22.2. The van der Waals surface area contributed by atoms with Crippen molar-refractivity contribution in [1.29, 1.82) is 0 Å². The fraction of sp³-hybridized carbons (Fsp3) is 0. The molecule has 0 heterocycles. The van der Waals surface area contributed by atoms with Gasteiger partial charge in [0.1, 0.15) is 0 Å². The summed E-state index contributed by atoms with van der Waals surface area (Å²) in [5.74, 6) is -15.9. The number of fused-ring (bicyclic) bond motifs is 2. The van der Waals surface area contributed by atoms with E-state index in [0.29, 0.717) is 22.8 Å². The monoisotopic (exact) mass is 1060 g/mol. The first-order chi connectivity index (χ1) is 29.1. The molecule has 0 atom stereocenters. The topological polar surface area (TPSA) is 315 Å². The number of carbonyl (C=O) groups excluding carboxylic acids is 2. The maximum absolute atomic E-state index is 13.6. The van der Waals surface area contributed by atoms with Gasteiger partial charge in [-0.1, -0.05) is 42.5 Å². The Morgan fingerprint density at radius 2 is 1.03 bits per heavy atom. The smallest absolute Gasteiger partial charge is 0.752 e. The quantitative estimate of drug-likeness (QED) is 0.0299. The largest absolute Gasteiger partial charge is 1.00 e. The third-order valence-corrected chi connectivity index (χ3v) is 7.72. The molecule has 344 valence electrons. The molecule has 0 radical (unpaired) electrons. The zero-order valence-electron chi connectivity index (χ0n) is 32.4. The van der Waals surface area contributed by atoms with Crippen LogP contribution in [0.2, 0.25) is 0 Å². The van der Waals surface area contributed by atoms with Crippen molar-refractivity contribution in [2.24, 2.45) is 0 Å². The number of amides is 1. The molecule has 0 spiro atoms. The molecule has 6 rings (SSSR count). The van der Waals surface area contributed by atoms with E-state index >= 15 is 0 Å². The van der Waals surface area contributed by atoms with Crippen LogP contribution in [0.4, 0.5) is 46.5 Å². The van der Waals surface area contributed by atoms with E-state index in [1.807, 2.05) is 18.2 Å². The SMILES string of the molecule is Nc1ccc2[c-]cc(S(=O)(=O)[O-])cc2c1.O.O=C(Cl)c1cc(F)c(F)c(F)c1F.O=C(Nc1ccc2ccccc2c1)c1cc(F)c(F)c(F)c1F.O=S(=O)=O.O=S(=O)=O.O=S(=O)=O.[Na+].[Na+]. The first-order valence-electron chi connectivity index (χ1n) is 15.2. The minimum atomic E-state index is -4.43. The summed E-state index contributed by atoms with van der Waals surface area (Å²) in [5.41, 5.74) is 4.43. The van der Waals surface area contributed by atoms with E-state index in [-0.39, 0.29) is 75.6 Å². The minimum Gasteiger partial charge on any atom is -0.752 e. The second-order valence-corrected chi connectivity index (χ2v) is 13.7. The molecular formula is C34H19ClF8N2Na2O15S4. The summed E-state index contributed by atoms with van der Waals surface area (Å²) in [6.45, 7) is 0. The Balaban J connectivity index is -0.000000810. The Bertz CT molecular complexity index is 3100. The van der Waals surface area contributed by atoms with Crippen LogP contribution in [-0.2, 0) is 41.9 Å². The number of nitrogens with two attached hydrogens (primary N) is 1. The molecule has 0 aliphatic carbocycles. The van der Waals surface area contributed by atoms with Crippen molar-refractivity contribution in [3.8, 4) is 0 Å². The zero-order valence-corrected chi connectivity index (χ0v) is 40.4. The van der Waals surface area contributed by atoms with Gasteiger partial charge in [-0.05, 0) is 51.5 Å². The number of benzene rings is 6. The van der Waals surface area contributed by atoms with E-state index in [0.717, 1.165) is 16.2 Å². The van der Waals surface area contributed by atoms with Gasteiger partial charge in [0.05, 0.1) is 21.2 Å². The number of nitrogen functional groups attached to an aromatic ring is 1. The summed E-state index contributed by atoms with van der Waals surface area (Å²) in [4.78, 5) is 22.0. The average Bonchev–Trinajstić information content (AvgIpc) is 3.18. The van der Waals surface area contributed by atoms with Crippen molar-refractivity contribution in [2.75, 3.05) is 11.1 Å². The van der Waals surface area contributed by atoms with Crippen LogP contribution in [0.3, 0.4) is 0 Å². The van der Waals surface area contributed by atoms with Crippen molar-refractivity contribution in [1.82, 2.24) is 0 Å². The number of hydrogen-bond acceptors (Lipinski definition) is 15. The molecule has 1 amide bonds. The van der Waals surface area contributed by atoms with Crippen molar-refractivity contribution in [3.63, 3.8) is 0 Å². The molecular weight excluding hydrogens is 1040 g/mol. The number of carbonyl (C=O) groups is 2. The standard InChI is InChI=1S/C17H9F4NO.C10H8NO3S.C7HClF4O.2Na.3O3S.H2O/c18-13-8-12(14(19)16(21)15(13)20)17(23)22-11-6-5-9-3-1-2-4-10(9)7-11;11-9-3-1-7-2-4-10(15(12,13)14)6-8(7)5-9;8-7(13)2-1-3(9)5(11)6(12)4(2)10;;;3*1-4(2)3;/h1-8H,(H,22,23);1,3-6H,11H2,(H,12,13,14);1H;;;;;;1H2/q;-1;;2*+1;;;;/p-1. The first kappa shape index (κ1) is 65.5. The molecule has 0 aliphatic rings. The molecule has 0 aromatic heterocycles. The number of nitrogens with one attached hydrogen (secondary N) is 1. The molecule has 32 heteroatoms. The summed E-state index contributed by atoms with van der Waals surface area (Å²) in [6.07, 6.45) is 0. The minimum absolute atomic E-state index is 0. The second kappa shape index (κ2) is 30.5. The molecule has 0 saturated carbocycles. The summed E-state index contributed by atoms with van der Waals surface area (Å²) >= 11 is 4.77. The number of halogens is 9. The molecule has 17 nitrogen and oxygen atoms in total. The number of rotatable bonds is 4. The number of anilines is 2. The van der Waals surface area contributed by atoms with Crippen LogP contribution in [0.25, 0.3) is 21.5 Å². The van der Waals surface area contributed by atoms with E-state index < -0.39 is 111 Å². The molecule has 0 bridgehead atoms. The second-order valence-electron chi connectivity index (χ2n) is 10.7. The normalized spacial score (nSPS) is 9.55. The van der Waals surface area contributed by atoms with E-state index in [4.69, 9.17) is 55.2 Å². The van der Waals surface area contributed by atoms with E-state index in [1.54, 1.807) is 42.5 Å². The summed E-state index contributed by atoms with van der Waals surface area (Å²) < 4.78 is 211. The average molecular weight is 1060 g/mol. The first-order valence-corrected chi connectivity index (χ1v) is 20.0. The van der Waals surface area contributed by atoms with Crippen LogP contribution in [-0.4, -0.2) is 67.5 Å². The van der Waals surface area contributed by atoms with Crippen molar-refractivity contribution >= 4 is 97.6 Å². The molecule has 0 saturated heterocycles. The summed E-state index contributed by atoms with van der Waals surface area (Å²) in [7, 11) is -13.8. The number of hydrogen-bond donors (Lipinski definition) is 2. The Morgan fingerprint density at radius 1 is 0.591 bits per heavy atom. The van der Waals surface area contributed by atoms with Crippen LogP contribution in [0.5, 0.6) is 0 Å². The predicted molar refractivity (Wildman–Crippen MR) is 202 cm³/mol. The Kier molecular flexibility index (Phi) is 30.3. The van der Waals surface area contributed by atoms with Gasteiger partial charge in [0.25, 0.3) is 11.1 Å². The van der Waals surface area contributed by atoms with Gasteiger partial charge in [-0.3, -0.25) is 9.59 Å². The molecule has 0 fully saturated rings. The van der Waals surface area contributed by atoms with Gasteiger partial charge in [-0.15, -0.1) is 72.9 Å². The van der Waals surface area contributed by atoms with Crippen LogP contribution >= 0.6 is 11.6 Å². The van der Waals surface area contributed by atoms with Crippen LogP contribution in [0.1, 0.15) is 20.7 Å². The van der Waals surface area contributed by atoms with Crippen LogP contribution in [0, 0.1) is 52.6 Å². The van der Waals surface area contributed by atoms with Gasteiger partial charge in [-0.2, -0.15) is 0 Å². The van der Waals surface area contributed by atoms with Gasteiger partial charge in [0, 0.05) is 11.4 Å². The Labute approximate surface area is 418 Å². The van der Waals surface area contributed by atoms with Crippen LogP contribution < -0.4 is 70.2 Å². The molecule has 0 unspecified atom stereocenters. The molecule has 66 heavy (non-hydrogen) atoms. The third-order valence-electron chi connectivity index (χ3n) is 6.70. The van der Waals surface area contributed by atoms with Crippen molar-refractivity contribution < 1.29 is 160 Å². The van der Waals surface area contributed by atoms with Crippen LogP contribution in [0.15, 0.2) is 89.8 Å². The van der Waals surface area contributed by atoms with Crippen molar-refractivity contribution in [2.45, 2.75) is 4.90 Å². The molecule has 0 aliphatic heterocycles. The molecule has 6 aromatic rings. The van der Waals surface area contributed by atoms with Crippen molar-refractivity contribution in [3.05, 3.63) is 149 Å². The fourth-order valence-corrected chi connectivity index (χ4v) is 4.85. The fourth-order valence-electron chi connectivity index (χ4n) is 4.24. The van der Waals surface area contributed by atoms with E-state index in [1.165, 1.54) is 12.1 Å². The summed E-state index contributed by atoms with van der Waals surface area (Å²) in [5, 5.41) is 3.99. The van der Waals surface area contributed by atoms with E-state index in [9.17, 15) is 57.7 Å². The van der Waals surface area contributed by atoms with Gasteiger partial charge >= 0.3 is 90.9 Å². The zero-order chi connectivity index (χ0) is 48.5. The molecule has 6 aromatic carbocycles. The maximum atomic E-state index is 13.6. The summed E-state index contributed by atoms with van der Waals surface area (Å²) in [6, 6.07) is 22.9. The van der Waals surface area contributed by atoms with Gasteiger partial charge in [0.2, 0.25) is 0 Å².